The van der Waals surface area contributed by atoms with Crippen LogP contribution >= 0.6 is 0 Å². The molecule has 0 saturated heterocycles. The van der Waals surface area contributed by atoms with Gasteiger partial charge in [-0.3, -0.25) is 9.20 Å². The average Bonchev–Trinajstić information content (AvgIpc) is 2.75. The number of ketones is 1. The van der Waals surface area contributed by atoms with Crippen molar-refractivity contribution in [3.05, 3.63) is 47.8 Å². The molecule has 0 bridgehead atoms. The van der Waals surface area contributed by atoms with Crippen LogP contribution < -0.4 is 0 Å². The normalized spacial score (nSPS) is 14.3. The minimum atomic E-state index is 0.111. The lowest BCUT2D eigenvalue weighted by molar-refractivity contribution is 0.0993. The summed E-state index contributed by atoms with van der Waals surface area (Å²) in [6, 6.07) is 7.82. The van der Waals surface area contributed by atoms with Gasteiger partial charge < -0.3 is 0 Å². The summed E-state index contributed by atoms with van der Waals surface area (Å²) in [5.41, 5.74) is 3.26. The van der Waals surface area contributed by atoms with E-state index in [1.807, 2.05) is 47.0 Å². The Balaban J connectivity index is 2.17. The van der Waals surface area contributed by atoms with Crippen LogP contribution in [0, 0.1) is 0 Å². The second-order valence-corrected chi connectivity index (χ2v) is 4.34. The Morgan fingerprint density at radius 3 is 3.00 bits per heavy atom. The second-order valence-electron chi connectivity index (χ2n) is 4.34. The first-order valence-electron chi connectivity index (χ1n) is 5.80. The highest BCUT2D eigenvalue weighted by molar-refractivity contribution is 6.02. The summed E-state index contributed by atoms with van der Waals surface area (Å²) in [4.78, 5) is 20.8. The molecule has 0 saturated carbocycles. The van der Waals surface area contributed by atoms with Crippen molar-refractivity contribution in [1.82, 2.24) is 14.4 Å². The number of benzene rings is 1. The molecule has 18 heavy (non-hydrogen) atoms. The van der Waals surface area contributed by atoms with Gasteiger partial charge in [-0.1, -0.05) is 18.2 Å². The summed E-state index contributed by atoms with van der Waals surface area (Å²) in [5.74, 6) is 0.744. The lowest BCUT2D eigenvalue weighted by Gasteiger charge is -2.08. The Bertz CT molecular complexity index is 830. The third-order valence-electron chi connectivity index (χ3n) is 3.21. The summed E-state index contributed by atoms with van der Waals surface area (Å²) in [6.45, 7) is 0. The predicted octanol–water partition coefficient (Wildman–Crippen LogP) is 2.48. The Morgan fingerprint density at radius 1 is 1.17 bits per heavy atom. The van der Waals surface area contributed by atoms with E-state index < -0.39 is 0 Å². The average molecular weight is 235 g/mol. The standard InChI is InChI=1S/C14H9N3O/c18-13-7-3-5-10-9(13)8-17-12-6-2-1-4-11(12)16-14(17)15-10/h1-6,8H,7H2. The third-order valence-corrected chi connectivity index (χ3v) is 3.21. The van der Waals surface area contributed by atoms with E-state index in [1.54, 1.807) is 0 Å². The molecule has 86 valence electrons. The van der Waals surface area contributed by atoms with Crippen molar-refractivity contribution in [3.63, 3.8) is 0 Å². The zero-order chi connectivity index (χ0) is 12.1. The van der Waals surface area contributed by atoms with Gasteiger partial charge in [0.1, 0.15) is 0 Å². The number of fused-ring (bicyclic) bond motifs is 4. The molecular formula is C14H9N3O. The van der Waals surface area contributed by atoms with E-state index in [0.717, 1.165) is 11.0 Å². The fraction of sp³-hybridized carbons (Fsp3) is 0.0714. The van der Waals surface area contributed by atoms with E-state index in [4.69, 9.17) is 0 Å². The molecule has 1 aromatic carbocycles. The van der Waals surface area contributed by atoms with E-state index >= 15 is 0 Å². The molecule has 4 heteroatoms. The molecule has 0 aliphatic heterocycles. The Hall–Kier alpha value is -2.49. The number of hydrogen-bond donors (Lipinski definition) is 0. The number of imidazole rings is 1. The van der Waals surface area contributed by atoms with Crippen LogP contribution in [-0.4, -0.2) is 20.2 Å². The van der Waals surface area contributed by atoms with Gasteiger partial charge in [-0.05, 0) is 18.2 Å². The Labute approximate surface area is 103 Å². The van der Waals surface area contributed by atoms with Gasteiger partial charge in [0.25, 0.3) is 0 Å². The maximum Gasteiger partial charge on any atom is 0.235 e. The molecule has 0 N–H and O–H groups in total. The Morgan fingerprint density at radius 2 is 2.06 bits per heavy atom. The smallest absolute Gasteiger partial charge is 0.235 e. The molecule has 0 atom stereocenters. The van der Waals surface area contributed by atoms with E-state index in [0.29, 0.717) is 23.5 Å². The van der Waals surface area contributed by atoms with Gasteiger partial charge in [-0.2, -0.15) is 0 Å². The molecule has 0 spiro atoms. The van der Waals surface area contributed by atoms with Crippen LogP contribution in [-0.2, 0) is 0 Å². The number of aromatic nitrogens is 3. The molecule has 4 rings (SSSR count). The maximum atomic E-state index is 11.9. The van der Waals surface area contributed by atoms with Crippen LogP contribution in [0.3, 0.4) is 0 Å². The summed E-state index contributed by atoms with van der Waals surface area (Å²) < 4.78 is 1.88. The molecule has 0 fully saturated rings. The fourth-order valence-corrected chi connectivity index (χ4v) is 2.33. The quantitative estimate of drug-likeness (QED) is 0.601. The van der Waals surface area contributed by atoms with Gasteiger partial charge in [0, 0.05) is 12.6 Å². The van der Waals surface area contributed by atoms with Crippen LogP contribution in [0.5, 0.6) is 0 Å². The third kappa shape index (κ3) is 1.17. The minimum Gasteiger partial charge on any atom is -0.294 e. The highest BCUT2D eigenvalue weighted by Crippen LogP contribution is 2.21. The van der Waals surface area contributed by atoms with Crippen LogP contribution in [0.4, 0.5) is 0 Å². The van der Waals surface area contributed by atoms with Crippen molar-refractivity contribution >= 4 is 28.7 Å². The van der Waals surface area contributed by atoms with Gasteiger partial charge in [-0.25, -0.2) is 9.97 Å². The van der Waals surface area contributed by atoms with E-state index in [2.05, 4.69) is 9.97 Å². The highest BCUT2D eigenvalue weighted by Gasteiger charge is 2.17. The molecular weight excluding hydrogens is 226 g/mol. The monoisotopic (exact) mass is 235 g/mol. The molecule has 1 aliphatic rings. The fourth-order valence-electron chi connectivity index (χ4n) is 2.33. The molecule has 0 radical (unpaired) electrons. The molecule has 0 amide bonds. The molecule has 2 heterocycles. The highest BCUT2D eigenvalue weighted by atomic mass is 16.1. The van der Waals surface area contributed by atoms with Crippen LogP contribution in [0.1, 0.15) is 22.5 Å². The summed E-state index contributed by atoms with van der Waals surface area (Å²) in [6.07, 6.45) is 6.03. The first-order chi connectivity index (χ1) is 8.83. The number of carbonyl (C=O) groups is 1. The molecule has 1 aliphatic carbocycles. The number of allylic oxidation sites excluding steroid dienone is 1. The van der Waals surface area contributed by atoms with Crippen molar-refractivity contribution < 1.29 is 4.79 Å². The maximum absolute atomic E-state index is 11.9. The summed E-state index contributed by atoms with van der Waals surface area (Å²) in [5, 5.41) is 0. The molecule has 2 aromatic heterocycles. The van der Waals surface area contributed by atoms with Gasteiger partial charge in [0.05, 0.1) is 22.3 Å². The van der Waals surface area contributed by atoms with Crippen molar-refractivity contribution in [2.45, 2.75) is 6.42 Å². The van der Waals surface area contributed by atoms with Gasteiger partial charge in [0.2, 0.25) is 5.78 Å². The molecule has 3 aromatic rings. The van der Waals surface area contributed by atoms with Crippen molar-refractivity contribution in [1.29, 1.82) is 0 Å². The number of carbonyl (C=O) groups excluding carboxylic acids is 1. The van der Waals surface area contributed by atoms with Crippen LogP contribution in [0.2, 0.25) is 0 Å². The van der Waals surface area contributed by atoms with Crippen LogP contribution in [0.15, 0.2) is 36.5 Å². The Kier molecular flexibility index (Phi) is 1.73. The van der Waals surface area contributed by atoms with Gasteiger partial charge in [-0.15, -0.1) is 0 Å². The topological polar surface area (TPSA) is 47.3 Å². The number of hydrogen-bond acceptors (Lipinski definition) is 3. The summed E-state index contributed by atoms with van der Waals surface area (Å²) >= 11 is 0. The number of rotatable bonds is 0. The van der Waals surface area contributed by atoms with Gasteiger partial charge in [0.15, 0.2) is 5.78 Å². The van der Waals surface area contributed by atoms with Crippen molar-refractivity contribution in [2.24, 2.45) is 0 Å². The first kappa shape index (κ1) is 9.53. The number of nitrogens with zero attached hydrogens (tertiary/aromatic N) is 3. The van der Waals surface area contributed by atoms with Gasteiger partial charge >= 0.3 is 0 Å². The first-order valence-corrected chi connectivity index (χ1v) is 5.80. The summed E-state index contributed by atoms with van der Waals surface area (Å²) in [7, 11) is 0. The predicted molar refractivity (Wildman–Crippen MR) is 68.5 cm³/mol. The minimum absolute atomic E-state index is 0.111. The molecule has 4 nitrogen and oxygen atoms in total. The lowest BCUT2D eigenvalue weighted by atomic mass is 10.0. The zero-order valence-corrected chi connectivity index (χ0v) is 9.50. The molecule has 0 unspecified atom stereocenters. The van der Waals surface area contributed by atoms with Crippen molar-refractivity contribution in [3.8, 4) is 0 Å². The van der Waals surface area contributed by atoms with E-state index in [-0.39, 0.29) is 5.78 Å². The number of para-hydroxylation sites is 2. The van der Waals surface area contributed by atoms with E-state index in [1.165, 1.54) is 0 Å². The van der Waals surface area contributed by atoms with Crippen LogP contribution in [0.25, 0.3) is 22.9 Å². The van der Waals surface area contributed by atoms with E-state index in [9.17, 15) is 4.79 Å². The lowest BCUT2D eigenvalue weighted by Crippen LogP contribution is -2.08. The SMILES string of the molecule is O=C1CC=Cc2nc3nc4ccccc4n3cc21. The second kappa shape index (κ2) is 3.26. The number of Topliss-reactive ketones (excluding diaryl/α,β-unsaturated/α-hetero) is 1. The largest absolute Gasteiger partial charge is 0.294 e. The van der Waals surface area contributed by atoms with Crippen molar-refractivity contribution in [2.75, 3.05) is 0 Å². The zero-order valence-electron chi connectivity index (χ0n) is 9.50.